The molecule has 2 aliphatic heterocycles. The van der Waals surface area contributed by atoms with Crippen LogP contribution in [-0.2, 0) is 0 Å². The van der Waals surface area contributed by atoms with Gasteiger partial charge in [0.2, 0.25) is 0 Å². The average molecular weight is 531 g/mol. The summed E-state index contributed by atoms with van der Waals surface area (Å²) in [4.78, 5) is 10.4. The highest BCUT2D eigenvalue weighted by Crippen LogP contribution is 2.51. The molecular weight excluding hydrogens is 508 g/mol. The zero-order valence-electron chi connectivity index (χ0n) is 22.6. The molecule has 8 aromatic rings. The number of fused-ring (bicyclic) bond motifs is 6. The zero-order chi connectivity index (χ0) is 27.4. The first kappa shape index (κ1) is 22.1. The fourth-order valence-electron chi connectivity index (χ4n) is 7.33. The number of para-hydroxylation sites is 1. The highest BCUT2D eigenvalue weighted by atomic mass is 14.8. The molecule has 0 fully saturated rings. The fourth-order valence-corrected chi connectivity index (χ4v) is 7.33. The van der Waals surface area contributed by atoms with Gasteiger partial charge in [-0.15, -0.1) is 0 Å². The third kappa shape index (κ3) is 2.83. The van der Waals surface area contributed by atoms with Crippen molar-refractivity contribution >= 4 is 43.7 Å². The molecule has 0 atom stereocenters. The van der Waals surface area contributed by atoms with Gasteiger partial charge in [0.1, 0.15) is 0 Å². The summed E-state index contributed by atoms with van der Waals surface area (Å²) in [6, 6.07) is 48.3. The maximum absolute atomic E-state index is 5.19. The Morgan fingerprint density at radius 2 is 1.12 bits per heavy atom. The van der Waals surface area contributed by atoms with Crippen LogP contribution in [0.5, 0.6) is 0 Å². The van der Waals surface area contributed by atoms with E-state index in [0.29, 0.717) is 0 Å². The Morgan fingerprint density at radius 3 is 2.00 bits per heavy atom. The Labute approximate surface area is 241 Å². The van der Waals surface area contributed by atoms with Gasteiger partial charge in [0.25, 0.3) is 0 Å². The maximum Gasteiger partial charge on any atom is 0.0817 e. The molecule has 8 aromatic carbocycles. The van der Waals surface area contributed by atoms with Crippen molar-refractivity contribution in [3.63, 3.8) is 0 Å². The predicted molar refractivity (Wildman–Crippen MR) is 172 cm³/mol. The Balaban J connectivity index is 1.39. The molecule has 0 radical (unpaired) electrons. The number of hydrogen-bond donors (Lipinski definition) is 0. The minimum atomic E-state index is 0.990. The number of rotatable bonds is 2. The average Bonchev–Trinajstić information content (AvgIpc) is 3.62. The van der Waals surface area contributed by atoms with E-state index in [2.05, 4.69) is 133 Å². The normalized spacial score (nSPS) is 12.7. The van der Waals surface area contributed by atoms with E-state index in [9.17, 15) is 0 Å². The van der Waals surface area contributed by atoms with Crippen LogP contribution in [0.15, 0.2) is 143 Å². The van der Waals surface area contributed by atoms with Gasteiger partial charge in [-0.3, -0.25) is 0 Å². The van der Waals surface area contributed by atoms with E-state index in [1.54, 1.807) is 0 Å². The minimum absolute atomic E-state index is 0.990. The van der Waals surface area contributed by atoms with Crippen molar-refractivity contribution < 1.29 is 0 Å². The highest BCUT2D eigenvalue weighted by Gasteiger charge is 2.27. The van der Waals surface area contributed by atoms with Gasteiger partial charge >= 0.3 is 0 Å². The van der Waals surface area contributed by atoms with Gasteiger partial charge in [-0.05, 0) is 73.3 Å². The molecule has 2 nitrogen and oxygen atoms in total. The summed E-state index contributed by atoms with van der Waals surface area (Å²) in [7, 11) is 0. The van der Waals surface area contributed by atoms with Crippen LogP contribution in [-0.4, -0.2) is 0 Å². The Kier molecular flexibility index (Phi) is 4.21. The molecule has 2 heterocycles. The molecule has 0 N–H and O–H groups in total. The van der Waals surface area contributed by atoms with Gasteiger partial charge in [-0.1, -0.05) is 109 Å². The lowest BCUT2D eigenvalue weighted by Crippen LogP contribution is -2.01. The summed E-state index contributed by atoms with van der Waals surface area (Å²) >= 11 is 0. The van der Waals surface area contributed by atoms with Crippen molar-refractivity contribution in [1.29, 1.82) is 0 Å². The fraction of sp³-hybridized carbons (Fsp3) is 0. The van der Waals surface area contributed by atoms with Crippen LogP contribution in [0, 0.1) is 10.4 Å². The first-order valence-corrected chi connectivity index (χ1v) is 14.4. The first-order valence-electron chi connectivity index (χ1n) is 14.4. The zero-order valence-corrected chi connectivity index (χ0v) is 22.6. The van der Waals surface area contributed by atoms with Crippen LogP contribution in [0.3, 0.4) is 0 Å². The topological polar surface area (TPSA) is 24.7 Å². The molecule has 192 valence electrons. The van der Waals surface area contributed by atoms with E-state index in [0.717, 1.165) is 27.7 Å². The Bertz CT molecular complexity index is 2650. The molecule has 42 heavy (non-hydrogen) atoms. The maximum atomic E-state index is 5.19. The quantitative estimate of drug-likeness (QED) is 0.199. The van der Waals surface area contributed by atoms with E-state index in [1.807, 2.05) is 0 Å². The van der Waals surface area contributed by atoms with Gasteiger partial charge in [0, 0.05) is 27.1 Å². The number of hydrogen-bond acceptors (Lipinski definition) is 2. The third-order valence-corrected chi connectivity index (χ3v) is 9.14. The smallest absolute Gasteiger partial charge is 0.0817 e. The number of nitrogens with zero attached hydrogens (tertiary/aromatic N) is 2. The second-order valence-electron chi connectivity index (χ2n) is 11.3. The van der Waals surface area contributed by atoms with Crippen molar-refractivity contribution in [3.8, 4) is 33.4 Å². The van der Waals surface area contributed by atoms with Crippen LogP contribution in [0.4, 0.5) is 11.4 Å². The molecule has 0 saturated heterocycles. The standard InChI is InChI=1S/C40H22N2/c1-2-7-23(8-3-1)27-19-21-33-38(39-34(41-33)22-20-31-28-11-4-5-12-32(28)42-40(31)39)37(27)30-18-16-26-14-13-24-9-6-10-25-15-17-29(30)36(26)35(24)25/h1-22H. The van der Waals surface area contributed by atoms with Crippen molar-refractivity contribution in [2.45, 2.75) is 0 Å². The van der Waals surface area contributed by atoms with E-state index >= 15 is 0 Å². The summed E-state index contributed by atoms with van der Waals surface area (Å²) in [5.74, 6) is 0. The van der Waals surface area contributed by atoms with Crippen molar-refractivity contribution in [1.82, 2.24) is 0 Å². The lowest BCUT2D eigenvalue weighted by molar-refractivity contribution is 1.36. The highest BCUT2D eigenvalue weighted by molar-refractivity contribution is 6.26. The lowest BCUT2D eigenvalue weighted by atomic mass is 9.83. The molecule has 0 aliphatic carbocycles. The van der Waals surface area contributed by atoms with Crippen LogP contribution < -0.4 is 10.7 Å². The van der Waals surface area contributed by atoms with Crippen molar-refractivity contribution in [2.24, 2.45) is 9.98 Å². The van der Waals surface area contributed by atoms with Gasteiger partial charge in [0.05, 0.1) is 22.1 Å². The SMILES string of the molecule is c1ccc(-c2ccc3c(c2-c2ccc4ccc5cccc6ccc2c4c56)-c2c4c(ccc2=N3)=c2ccccc2=N4)cc1. The van der Waals surface area contributed by atoms with E-state index in [-0.39, 0.29) is 0 Å². The second kappa shape index (κ2) is 7.99. The Morgan fingerprint density at radius 1 is 0.381 bits per heavy atom. The molecule has 0 amide bonds. The summed E-state index contributed by atoms with van der Waals surface area (Å²) < 4.78 is 0. The van der Waals surface area contributed by atoms with E-state index in [4.69, 9.17) is 9.98 Å². The van der Waals surface area contributed by atoms with Gasteiger partial charge in [-0.25, -0.2) is 9.98 Å². The summed E-state index contributed by atoms with van der Waals surface area (Å²) in [5, 5.41) is 12.1. The van der Waals surface area contributed by atoms with Gasteiger partial charge < -0.3 is 0 Å². The summed E-state index contributed by atoms with van der Waals surface area (Å²) in [6.07, 6.45) is 0. The molecule has 0 bridgehead atoms. The van der Waals surface area contributed by atoms with E-state index in [1.165, 1.54) is 70.6 Å². The van der Waals surface area contributed by atoms with Gasteiger partial charge in [0.15, 0.2) is 0 Å². The summed E-state index contributed by atoms with van der Waals surface area (Å²) in [5.41, 5.74) is 9.20. The van der Waals surface area contributed by atoms with Crippen LogP contribution >= 0.6 is 0 Å². The lowest BCUT2D eigenvalue weighted by Gasteiger charge is -2.20. The molecule has 0 aromatic heterocycles. The molecule has 2 aliphatic rings. The van der Waals surface area contributed by atoms with E-state index < -0.39 is 0 Å². The molecule has 0 unspecified atom stereocenters. The monoisotopic (exact) mass is 530 g/mol. The Hall–Kier alpha value is -5.60. The first-order chi connectivity index (χ1) is 20.8. The van der Waals surface area contributed by atoms with Crippen LogP contribution in [0.2, 0.25) is 0 Å². The molecule has 0 saturated carbocycles. The van der Waals surface area contributed by atoms with Gasteiger partial charge in [-0.2, -0.15) is 0 Å². The van der Waals surface area contributed by atoms with Crippen LogP contribution in [0.25, 0.3) is 65.7 Å². The number of benzene rings is 8. The summed E-state index contributed by atoms with van der Waals surface area (Å²) in [6.45, 7) is 0. The van der Waals surface area contributed by atoms with Crippen molar-refractivity contribution in [3.05, 3.63) is 155 Å². The second-order valence-corrected chi connectivity index (χ2v) is 11.3. The minimum Gasteiger partial charge on any atom is -0.248 e. The third-order valence-electron chi connectivity index (χ3n) is 9.14. The largest absolute Gasteiger partial charge is 0.248 e. The predicted octanol–water partition coefficient (Wildman–Crippen LogP) is 9.40. The van der Waals surface area contributed by atoms with Crippen LogP contribution in [0.1, 0.15) is 0 Å². The van der Waals surface area contributed by atoms with Crippen molar-refractivity contribution in [2.75, 3.05) is 0 Å². The molecular formula is C40H22N2. The molecule has 10 rings (SSSR count). The molecule has 0 spiro atoms. The molecule has 2 heteroatoms.